The van der Waals surface area contributed by atoms with E-state index in [0.717, 1.165) is 25.9 Å². The fourth-order valence-corrected chi connectivity index (χ4v) is 2.10. The highest BCUT2D eigenvalue weighted by molar-refractivity contribution is 4.91. The fourth-order valence-electron chi connectivity index (χ4n) is 2.10. The molecule has 0 aliphatic carbocycles. The number of rotatable bonds is 8. The molecule has 4 atom stereocenters. The molecule has 0 aromatic rings. The Morgan fingerprint density at radius 1 is 1.25 bits per heavy atom. The predicted octanol–water partition coefficient (Wildman–Crippen LogP) is 0.480. The monoisotopic (exact) mass is 228 g/mol. The first-order valence-electron chi connectivity index (χ1n) is 5.99. The van der Waals surface area contributed by atoms with Crippen molar-refractivity contribution in [1.29, 1.82) is 0 Å². The van der Waals surface area contributed by atoms with Crippen LogP contribution in [0.5, 0.6) is 0 Å². The SMILES string of the molecule is OC/C=C/CC(CCC1OC1CO)C1CO1. The van der Waals surface area contributed by atoms with Gasteiger partial charge in [-0.15, -0.1) is 0 Å². The van der Waals surface area contributed by atoms with Crippen LogP contribution in [-0.4, -0.2) is 48.3 Å². The molecule has 2 fully saturated rings. The number of aliphatic hydroxyl groups excluding tert-OH is 2. The van der Waals surface area contributed by atoms with Crippen LogP contribution in [0.2, 0.25) is 0 Å². The molecule has 2 heterocycles. The molecule has 0 amide bonds. The third-order valence-electron chi connectivity index (χ3n) is 3.29. The van der Waals surface area contributed by atoms with Crippen molar-refractivity contribution < 1.29 is 19.7 Å². The number of hydrogen-bond donors (Lipinski definition) is 2. The Bertz CT molecular complexity index is 237. The molecular weight excluding hydrogens is 208 g/mol. The third kappa shape index (κ3) is 3.56. The minimum Gasteiger partial charge on any atom is -0.394 e. The number of allylic oxidation sites excluding steroid dienone is 1. The van der Waals surface area contributed by atoms with Crippen molar-refractivity contribution in [2.75, 3.05) is 19.8 Å². The van der Waals surface area contributed by atoms with E-state index in [1.54, 1.807) is 6.08 Å². The largest absolute Gasteiger partial charge is 0.394 e. The minimum absolute atomic E-state index is 0.0776. The quantitative estimate of drug-likeness (QED) is 0.468. The summed E-state index contributed by atoms with van der Waals surface area (Å²) in [4.78, 5) is 0. The highest BCUT2D eigenvalue weighted by Gasteiger charge is 2.39. The van der Waals surface area contributed by atoms with Crippen molar-refractivity contribution in [3.63, 3.8) is 0 Å². The standard InChI is InChI=1S/C12H20O4/c13-6-2-1-3-9(12-8-15-12)4-5-10-11(7-14)16-10/h1-2,9-14H,3-8H2/b2-1+. The molecule has 16 heavy (non-hydrogen) atoms. The Morgan fingerprint density at radius 3 is 2.62 bits per heavy atom. The maximum Gasteiger partial charge on any atom is 0.107 e. The van der Waals surface area contributed by atoms with E-state index in [9.17, 15) is 0 Å². The lowest BCUT2D eigenvalue weighted by molar-refractivity contribution is 0.240. The molecule has 2 aliphatic heterocycles. The van der Waals surface area contributed by atoms with Gasteiger partial charge >= 0.3 is 0 Å². The Kier molecular flexibility index (Phi) is 4.35. The zero-order valence-corrected chi connectivity index (χ0v) is 9.42. The number of hydrogen-bond acceptors (Lipinski definition) is 4. The van der Waals surface area contributed by atoms with Crippen LogP contribution in [0.15, 0.2) is 12.2 Å². The summed E-state index contributed by atoms with van der Waals surface area (Å²) in [6, 6.07) is 0. The molecule has 2 saturated heterocycles. The smallest absolute Gasteiger partial charge is 0.107 e. The molecule has 4 nitrogen and oxygen atoms in total. The second-order valence-corrected chi connectivity index (χ2v) is 4.49. The molecule has 0 bridgehead atoms. The van der Waals surface area contributed by atoms with Crippen LogP contribution < -0.4 is 0 Å². The van der Waals surface area contributed by atoms with E-state index in [1.165, 1.54) is 0 Å². The lowest BCUT2D eigenvalue weighted by Gasteiger charge is -2.10. The van der Waals surface area contributed by atoms with E-state index in [-0.39, 0.29) is 25.4 Å². The Hall–Kier alpha value is -0.420. The van der Waals surface area contributed by atoms with Gasteiger partial charge in [0, 0.05) is 0 Å². The van der Waals surface area contributed by atoms with Crippen LogP contribution >= 0.6 is 0 Å². The van der Waals surface area contributed by atoms with Crippen LogP contribution in [0.25, 0.3) is 0 Å². The van der Waals surface area contributed by atoms with Gasteiger partial charge in [0.25, 0.3) is 0 Å². The van der Waals surface area contributed by atoms with E-state index in [0.29, 0.717) is 12.0 Å². The summed E-state index contributed by atoms with van der Waals surface area (Å²) in [5, 5.41) is 17.5. The summed E-state index contributed by atoms with van der Waals surface area (Å²) < 4.78 is 10.6. The summed E-state index contributed by atoms with van der Waals surface area (Å²) in [5.74, 6) is 0.534. The second-order valence-electron chi connectivity index (χ2n) is 4.49. The molecule has 0 radical (unpaired) electrons. The zero-order chi connectivity index (χ0) is 11.4. The van der Waals surface area contributed by atoms with Gasteiger partial charge in [0.1, 0.15) is 6.10 Å². The number of epoxide rings is 2. The van der Waals surface area contributed by atoms with Crippen LogP contribution in [0.1, 0.15) is 19.3 Å². The average molecular weight is 228 g/mol. The van der Waals surface area contributed by atoms with Gasteiger partial charge in [-0.2, -0.15) is 0 Å². The van der Waals surface area contributed by atoms with Crippen molar-refractivity contribution in [3.05, 3.63) is 12.2 Å². The normalized spacial score (nSPS) is 34.2. The highest BCUT2D eigenvalue weighted by atomic mass is 16.6. The number of aliphatic hydroxyl groups is 2. The first-order valence-corrected chi connectivity index (χ1v) is 5.99. The Balaban J connectivity index is 1.65. The summed E-state index contributed by atoms with van der Waals surface area (Å²) in [5.41, 5.74) is 0. The third-order valence-corrected chi connectivity index (χ3v) is 3.29. The fraction of sp³-hybridized carbons (Fsp3) is 0.833. The van der Waals surface area contributed by atoms with Crippen LogP contribution in [0.3, 0.4) is 0 Å². The maximum atomic E-state index is 8.85. The molecule has 2 N–H and O–H groups in total. The van der Waals surface area contributed by atoms with Crippen molar-refractivity contribution in [2.24, 2.45) is 5.92 Å². The Labute approximate surface area is 95.9 Å². The van der Waals surface area contributed by atoms with Crippen LogP contribution in [-0.2, 0) is 9.47 Å². The lowest BCUT2D eigenvalue weighted by atomic mass is 9.94. The molecule has 4 heteroatoms. The molecule has 4 unspecified atom stereocenters. The highest BCUT2D eigenvalue weighted by Crippen LogP contribution is 2.33. The van der Waals surface area contributed by atoms with Gasteiger partial charge in [-0.05, 0) is 25.2 Å². The van der Waals surface area contributed by atoms with Crippen molar-refractivity contribution >= 4 is 0 Å². The van der Waals surface area contributed by atoms with Crippen molar-refractivity contribution in [3.8, 4) is 0 Å². The molecule has 0 saturated carbocycles. The van der Waals surface area contributed by atoms with Crippen LogP contribution in [0, 0.1) is 5.92 Å². The van der Waals surface area contributed by atoms with Crippen molar-refractivity contribution in [1.82, 2.24) is 0 Å². The first kappa shape index (κ1) is 12.0. The van der Waals surface area contributed by atoms with Gasteiger partial charge in [0.05, 0.1) is 32.0 Å². The molecular formula is C12H20O4. The van der Waals surface area contributed by atoms with Gasteiger partial charge in [0.15, 0.2) is 0 Å². The summed E-state index contributed by atoms with van der Waals surface area (Å²) in [6.45, 7) is 1.11. The lowest BCUT2D eigenvalue weighted by Crippen LogP contribution is -2.10. The Morgan fingerprint density at radius 2 is 2.06 bits per heavy atom. The van der Waals surface area contributed by atoms with E-state index in [4.69, 9.17) is 19.7 Å². The topological polar surface area (TPSA) is 65.5 Å². The van der Waals surface area contributed by atoms with E-state index < -0.39 is 0 Å². The average Bonchev–Trinajstić information content (AvgIpc) is 3.16. The summed E-state index contributed by atoms with van der Waals surface area (Å²) >= 11 is 0. The minimum atomic E-state index is 0.0776. The van der Waals surface area contributed by atoms with E-state index in [2.05, 4.69) is 0 Å². The molecule has 0 aromatic heterocycles. The van der Waals surface area contributed by atoms with Crippen LogP contribution in [0.4, 0.5) is 0 Å². The van der Waals surface area contributed by atoms with Gasteiger partial charge < -0.3 is 19.7 Å². The molecule has 0 aromatic carbocycles. The molecule has 2 rings (SSSR count). The maximum absolute atomic E-state index is 8.85. The summed E-state index contributed by atoms with van der Waals surface area (Å²) in [6.07, 6.45) is 7.56. The molecule has 92 valence electrons. The predicted molar refractivity (Wildman–Crippen MR) is 59.1 cm³/mol. The van der Waals surface area contributed by atoms with Gasteiger partial charge in [0.2, 0.25) is 0 Å². The number of ether oxygens (including phenoxy) is 2. The summed E-state index contributed by atoms with van der Waals surface area (Å²) in [7, 11) is 0. The van der Waals surface area contributed by atoms with E-state index >= 15 is 0 Å². The zero-order valence-electron chi connectivity index (χ0n) is 9.42. The van der Waals surface area contributed by atoms with Gasteiger partial charge in [-0.3, -0.25) is 0 Å². The van der Waals surface area contributed by atoms with Gasteiger partial charge in [-0.1, -0.05) is 12.2 Å². The molecule has 0 spiro atoms. The van der Waals surface area contributed by atoms with E-state index in [1.807, 2.05) is 6.08 Å². The second kappa shape index (κ2) is 5.77. The first-order chi connectivity index (χ1) is 7.85. The van der Waals surface area contributed by atoms with Gasteiger partial charge in [-0.25, -0.2) is 0 Å². The molecule has 2 aliphatic rings. The van der Waals surface area contributed by atoms with Crippen molar-refractivity contribution in [2.45, 2.75) is 37.6 Å².